The fourth-order valence-corrected chi connectivity index (χ4v) is 4.04. The summed E-state index contributed by atoms with van der Waals surface area (Å²) in [5.74, 6) is 0. The van der Waals surface area contributed by atoms with Crippen LogP contribution >= 0.6 is 12.2 Å². The van der Waals surface area contributed by atoms with Crippen LogP contribution in [0.1, 0.15) is 56.1 Å². The summed E-state index contributed by atoms with van der Waals surface area (Å²) in [5.41, 5.74) is 2.61. The van der Waals surface area contributed by atoms with Gasteiger partial charge in [0.05, 0.1) is 6.33 Å². The van der Waals surface area contributed by atoms with E-state index in [1.807, 2.05) is 18.7 Å². The summed E-state index contributed by atoms with van der Waals surface area (Å²) < 4.78 is 2.13. The second kappa shape index (κ2) is 10.5. The average molecular weight is 385 g/mol. The molecule has 0 aliphatic heterocycles. The molecule has 3 rings (SSSR count). The highest BCUT2D eigenvalue weighted by atomic mass is 32.1. The normalized spacial score (nSPS) is 15.3. The fraction of sp³-hybridized carbons (Fsp3) is 0.545. The first-order valence-corrected chi connectivity index (χ1v) is 10.7. The maximum atomic E-state index is 5.83. The van der Waals surface area contributed by atoms with E-state index < -0.39 is 0 Å². The molecule has 2 aromatic rings. The summed E-state index contributed by atoms with van der Waals surface area (Å²) in [5, 5.41) is 4.58. The van der Waals surface area contributed by atoms with Crippen LogP contribution in [-0.2, 0) is 13.1 Å². The predicted octanol–water partition coefficient (Wildman–Crippen LogP) is 4.68. The molecular weight excluding hydrogens is 352 g/mol. The monoisotopic (exact) mass is 384 g/mol. The Kier molecular flexibility index (Phi) is 7.69. The number of imidazole rings is 1. The highest BCUT2D eigenvalue weighted by Gasteiger charge is 2.17. The fourth-order valence-electron chi connectivity index (χ4n) is 3.72. The number of rotatable bonds is 7. The minimum absolute atomic E-state index is 0.536. The topological polar surface area (TPSA) is 33.1 Å². The molecule has 1 saturated carbocycles. The summed E-state index contributed by atoms with van der Waals surface area (Å²) in [6.07, 6.45) is 14.6. The van der Waals surface area contributed by atoms with Crippen LogP contribution in [0, 0.1) is 6.92 Å². The van der Waals surface area contributed by atoms with Gasteiger partial charge in [0.25, 0.3) is 0 Å². The van der Waals surface area contributed by atoms with Gasteiger partial charge in [0.2, 0.25) is 0 Å². The van der Waals surface area contributed by atoms with Gasteiger partial charge in [-0.25, -0.2) is 4.98 Å². The summed E-state index contributed by atoms with van der Waals surface area (Å²) in [6, 6.07) is 9.33. The molecule has 1 aromatic carbocycles. The van der Waals surface area contributed by atoms with Gasteiger partial charge in [-0.1, -0.05) is 55.5 Å². The van der Waals surface area contributed by atoms with Crippen molar-refractivity contribution in [3.63, 3.8) is 0 Å². The van der Waals surface area contributed by atoms with Crippen molar-refractivity contribution >= 4 is 17.3 Å². The number of benzene rings is 1. The van der Waals surface area contributed by atoms with E-state index in [1.165, 1.54) is 49.7 Å². The number of nitrogens with one attached hydrogen (secondary N) is 1. The van der Waals surface area contributed by atoms with Gasteiger partial charge in [-0.15, -0.1) is 0 Å². The second-order valence-electron chi connectivity index (χ2n) is 7.70. The SMILES string of the molecule is Cc1ccc(CN(CCCn2ccnc2)C(=S)NC2CCCCCC2)cc1. The third-order valence-corrected chi connectivity index (χ3v) is 5.74. The van der Waals surface area contributed by atoms with Crippen LogP contribution in [0.4, 0.5) is 0 Å². The molecule has 1 N–H and O–H groups in total. The van der Waals surface area contributed by atoms with E-state index in [4.69, 9.17) is 12.2 Å². The molecule has 1 aliphatic rings. The van der Waals surface area contributed by atoms with Crippen molar-refractivity contribution in [3.8, 4) is 0 Å². The Labute approximate surface area is 169 Å². The van der Waals surface area contributed by atoms with Crippen LogP contribution in [-0.4, -0.2) is 32.2 Å². The van der Waals surface area contributed by atoms with Gasteiger partial charge in [0.1, 0.15) is 0 Å². The zero-order chi connectivity index (χ0) is 18.9. The van der Waals surface area contributed by atoms with Gasteiger partial charge in [0.15, 0.2) is 5.11 Å². The van der Waals surface area contributed by atoms with Gasteiger partial charge < -0.3 is 14.8 Å². The molecule has 1 fully saturated rings. The molecule has 0 unspecified atom stereocenters. The number of aromatic nitrogens is 2. The second-order valence-corrected chi connectivity index (χ2v) is 8.09. The standard InChI is InChI=1S/C22H32N4S/c1-19-9-11-20(12-10-19)17-26(15-6-14-25-16-13-23-18-25)22(27)24-21-7-4-2-3-5-8-21/h9-13,16,18,21H,2-8,14-15,17H2,1H3,(H,24,27). The maximum absolute atomic E-state index is 5.83. The molecule has 0 spiro atoms. The third-order valence-electron chi connectivity index (χ3n) is 5.37. The molecule has 5 heteroatoms. The van der Waals surface area contributed by atoms with E-state index in [1.54, 1.807) is 0 Å². The van der Waals surface area contributed by atoms with Crippen LogP contribution in [0.25, 0.3) is 0 Å². The molecule has 27 heavy (non-hydrogen) atoms. The van der Waals surface area contributed by atoms with E-state index in [9.17, 15) is 0 Å². The first-order valence-electron chi connectivity index (χ1n) is 10.3. The van der Waals surface area contributed by atoms with E-state index >= 15 is 0 Å². The lowest BCUT2D eigenvalue weighted by Crippen LogP contribution is -2.44. The molecule has 0 saturated heterocycles. The molecule has 1 aliphatic carbocycles. The van der Waals surface area contributed by atoms with Gasteiger partial charge in [-0.05, 0) is 44.0 Å². The van der Waals surface area contributed by atoms with Gasteiger partial charge in [-0.2, -0.15) is 0 Å². The Morgan fingerprint density at radius 3 is 2.59 bits per heavy atom. The first kappa shape index (κ1) is 19.9. The van der Waals surface area contributed by atoms with Crippen LogP contribution in [0.2, 0.25) is 0 Å². The van der Waals surface area contributed by atoms with Crippen LogP contribution in [0.3, 0.4) is 0 Å². The molecule has 0 amide bonds. The molecule has 1 aromatic heterocycles. The van der Waals surface area contributed by atoms with Crippen LogP contribution < -0.4 is 5.32 Å². The van der Waals surface area contributed by atoms with Crippen LogP contribution in [0.15, 0.2) is 43.0 Å². The highest BCUT2D eigenvalue weighted by molar-refractivity contribution is 7.80. The minimum atomic E-state index is 0.536. The zero-order valence-electron chi connectivity index (χ0n) is 16.4. The van der Waals surface area contributed by atoms with Gasteiger partial charge in [0, 0.05) is 38.1 Å². The van der Waals surface area contributed by atoms with E-state index in [0.29, 0.717) is 6.04 Å². The Morgan fingerprint density at radius 1 is 1.19 bits per heavy atom. The number of hydrogen-bond donors (Lipinski definition) is 1. The van der Waals surface area contributed by atoms with Crippen LogP contribution in [0.5, 0.6) is 0 Å². The van der Waals surface area contributed by atoms with Crippen molar-refractivity contribution in [2.75, 3.05) is 6.54 Å². The summed E-state index contributed by atoms with van der Waals surface area (Å²) in [7, 11) is 0. The highest BCUT2D eigenvalue weighted by Crippen LogP contribution is 2.18. The molecule has 146 valence electrons. The Balaban J connectivity index is 1.59. The van der Waals surface area contributed by atoms with Crippen molar-refractivity contribution in [3.05, 3.63) is 54.1 Å². The largest absolute Gasteiger partial charge is 0.360 e. The third kappa shape index (κ3) is 6.65. The van der Waals surface area contributed by atoms with E-state index in [0.717, 1.165) is 31.2 Å². The number of nitrogens with zero attached hydrogens (tertiary/aromatic N) is 3. The maximum Gasteiger partial charge on any atom is 0.169 e. The Morgan fingerprint density at radius 2 is 1.93 bits per heavy atom. The Bertz CT molecular complexity index is 673. The molecular formula is C22H32N4S. The summed E-state index contributed by atoms with van der Waals surface area (Å²) in [6.45, 7) is 4.91. The molecule has 0 atom stereocenters. The summed E-state index contributed by atoms with van der Waals surface area (Å²) in [4.78, 5) is 6.46. The smallest absolute Gasteiger partial charge is 0.169 e. The molecule has 0 bridgehead atoms. The number of aryl methyl sites for hydroxylation is 2. The Hall–Kier alpha value is -1.88. The average Bonchev–Trinajstić information content (AvgIpc) is 3.06. The predicted molar refractivity (Wildman–Crippen MR) is 116 cm³/mol. The van der Waals surface area contributed by atoms with Gasteiger partial charge >= 0.3 is 0 Å². The number of thiocarbonyl (C=S) groups is 1. The lowest BCUT2D eigenvalue weighted by molar-refractivity contribution is 0.373. The van der Waals surface area contributed by atoms with Crippen molar-refractivity contribution < 1.29 is 0 Å². The van der Waals surface area contributed by atoms with E-state index in [2.05, 4.69) is 51.0 Å². The first-order chi connectivity index (χ1) is 13.2. The summed E-state index contributed by atoms with van der Waals surface area (Å²) >= 11 is 5.83. The lowest BCUT2D eigenvalue weighted by Gasteiger charge is -2.29. The van der Waals surface area contributed by atoms with Crippen molar-refractivity contribution in [2.45, 2.75) is 71.0 Å². The van der Waals surface area contributed by atoms with Gasteiger partial charge in [-0.3, -0.25) is 0 Å². The van der Waals surface area contributed by atoms with Crippen molar-refractivity contribution in [1.82, 2.24) is 19.8 Å². The minimum Gasteiger partial charge on any atom is -0.360 e. The lowest BCUT2D eigenvalue weighted by atomic mass is 10.1. The quantitative estimate of drug-likeness (QED) is 0.555. The zero-order valence-corrected chi connectivity index (χ0v) is 17.3. The van der Waals surface area contributed by atoms with Crippen molar-refractivity contribution in [2.24, 2.45) is 0 Å². The molecule has 1 heterocycles. The molecule has 0 radical (unpaired) electrons. The number of hydrogen-bond acceptors (Lipinski definition) is 2. The van der Waals surface area contributed by atoms with E-state index in [-0.39, 0.29) is 0 Å². The molecule has 4 nitrogen and oxygen atoms in total. The van der Waals surface area contributed by atoms with Crippen molar-refractivity contribution in [1.29, 1.82) is 0 Å².